The lowest BCUT2D eigenvalue weighted by Gasteiger charge is -2.13. The highest BCUT2D eigenvalue weighted by atomic mass is 35.5. The van der Waals surface area contributed by atoms with Gasteiger partial charge >= 0.3 is 0 Å². The first-order valence-corrected chi connectivity index (χ1v) is 10.7. The summed E-state index contributed by atoms with van der Waals surface area (Å²) in [7, 11) is 0. The first-order chi connectivity index (χ1) is 14.0. The van der Waals surface area contributed by atoms with E-state index >= 15 is 0 Å². The van der Waals surface area contributed by atoms with Crippen molar-refractivity contribution in [2.24, 2.45) is 0 Å². The summed E-state index contributed by atoms with van der Waals surface area (Å²) in [6, 6.07) is 15.3. The molecule has 0 aliphatic rings. The van der Waals surface area contributed by atoms with Crippen LogP contribution in [-0.2, 0) is 17.9 Å². The Morgan fingerprint density at radius 3 is 2.62 bits per heavy atom. The van der Waals surface area contributed by atoms with E-state index in [2.05, 4.69) is 20.8 Å². The summed E-state index contributed by atoms with van der Waals surface area (Å²) in [5.41, 5.74) is 2.86. The molecule has 1 aromatic heterocycles. The molecular formula is C21H24ClN5OS. The minimum atomic E-state index is -0.306. The summed E-state index contributed by atoms with van der Waals surface area (Å²) in [5, 5.41) is 15.9. The topological polar surface area (TPSA) is 71.8 Å². The van der Waals surface area contributed by atoms with E-state index in [0.717, 1.165) is 27.9 Å². The molecule has 3 rings (SSSR count). The average molecular weight is 430 g/mol. The zero-order chi connectivity index (χ0) is 20.8. The third-order valence-electron chi connectivity index (χ3n) is 4.36. The number of amides is 1. The Labute approximate surface area is 180 Å². The molecule has 0 saturated carbocycles. The number of carbonyl (C=O) groups is 1. The smallest absolute Gasteiger partial charge is 0.237 e. The molecular weight excluding hydrogens is 406 g/mol. The van der Waals surface area contributed by atoms with Gasteiger partial charge in [-0.05, 0) is 51.1 Å². The molecule has 0 saturated heterocycles. The molecule has 1 amide bonds. The van der Waals surface area contributed by atoms with Gasteiger partial charge in [-0.15, -0.1) is 10.2 Å². The predicted octanol–water partition coefficient (Wildman–Crippen LogP) is 4.99. The Morgan fingerprint density at radius 2 is 1.93 bits per heavy atom. The maximum atomic E-state index is 12.5. The molecule has 1 heterocycles. The van der Waals surface area contributed by atoms with Gasteiger partial charge in [-0.25, -0.2) is 0 Å². The number of aromatic nitrogens is 3. The van der Waals surface area contributed by atoms with Crippen LogP contribution in [0, 0.1) is 6.92 Å². The van der Waals surface area contributed by atoms with Gasteiger partial charge in [0.1, 0.15) is 0 Å². The normalized spacial score (nSPS) is 11.9. The molecule has 0 fully saturated rings. The maximum Gasteiger partial charge on any atom is 0.237 e. The van der Waals surface area contributed by atoms with Gasteiger partial charge in [0.05, 0.1) is 11.8 Å². The molecule has 1 atom stereocenters. The number of aryl methyl sites for hydroxylation is 1. The van der Waals surface area contributed by atoms with Crippen molar-refractivity contribution in [3.63, 3.8) is 0 Å². The van der Waals surface area contributed by atoms with Crippen LogP contribution in [0.5, 0.6) is 0 Å². The molecule has 0 aliphatic heterocycles. The monoisotopic (exact) mass is 429 g/mol. The molecule has 8 heteroatoms. The standard InChI is InChI=1S/C21H24ClN5OS/c1-4-27-19(13-23-18-7-5-6-16(22)12-18)25-26-21(27)29-15(3)20(28)24-17-10-8-14(2)9-11-17/h5-12,15,23H,4,13H2,1-3H3,(H,24,28)/t15-/m1/s1. The number of benzene rings is 2. The quantitative estimate of drug-likeness (QED) is 0.493. The molecule has 0 radical (unpaired) electrons. The number of hydrogen-bond acceptors (Lipinski definition) is 5. The number of nitrogens with zero attached hydrogens (tertiary/aromatic N) is 3. The number of carbonyl (C=O) groups excluding carboxylic acids is 1. The van der Waals surface area contributed by atoms with Crippen molar-refractivity contribution >= 4 is 40.6 Å². The number of anilines is 2. The highest BCUT2D eigenvalue weighted by Crippen LogP contribution is 2.24. The lowest BCUT2D eigenvalue weighted by molar-refractivity contribution is -0.115. The largest absolute Gasteiger partial charge is 0.378 e. The van der Waals surface area contributed by atoms with Crippen molar-refractivity contribution in [1.29, 1.82) is 0 Å². The summed E-state index contributed by atoms with van der Waals surface area (Å²) in [6.45, 7) is 7.15. The molecule has 0 bridgehead atoms. The van der Waals surface area contributed by atoms with Gasteiger partial charge in [-0.1, -0.05) is 47.1 Å². The first kappa shape index (κ1) is 21.2. The molecule has 2 aromatic carbocycles. The lowest BCUT2D eigenvalue weighted by Crippen LogP contribution is -2.23. The number of nitrogens with one attached hydrogen (secondary N) is 2. The van der Waals surface area contributed by atoms with Crippen molar-refractivity contribution in [2.45, 2.75) is 44.3 Å². The van der Waals surface area contributed by atoms with Crippen molar-refractivity contribution in [2.75, 3.05) is 10.6 Å². The van der Waals surface area contributed by atoms with Crippen LogP contribution in [0.1, 0.15) is 25.2 Å². The van der Waals surface area contributed by atoms with Gasteiger partial charge in [-0.2, -0.15) is 0 Å². The van der Waals surface area contributed by atoms with E-state index in [-0.39, 0.29) is 11.2 Å². The molecule has 2 N–H and O–H groups in total. The molecule has 3 aromatic rings. The lowest BCUT2D eigenvalue weighted by atomic mass is 10.2. The number of thioether (sulfide) groups is 1. The molecule has 0 unspecified atom stereocenters. The molecule has 29 heavy (non-hydrogen) atoms. The van der Waals surface area contributed by atoms with Crippen molar-refractivity contribution in [3.05, 3.63) is 64.9 Å². The van der Waals surface area contributed by atoms with Crippen LogP contribution in [0.3, 0.4) is 0 Å². The van der Waals surface area contributed by atoms with Gasteiger partial charge in [0, 0.05) is 22.9 Å². The molecule has 0 spiro atoms. The van der Waals surface area contributed by atoms with E-state index in [1.807, 2.05) is 73.9 Å². The molecule has 0 aliphatic carbocycles. The highest BCUT2D eigenvalue weighted by molar-refractivity contribution is 8.00. The van der Waals surface area contributed by atoms with Crippen molar-refractivity contribution in [3.8, 4) is 0 Å². The summed E-state index contributed by atoms with van der Waals surface area (Å²) >= 11 is 7.43. The number of halogens is 1. The number of rotatable bonds is 8. The van der Waals surface area contributed by atoms with Gasteiger partial charge in [-0.3, -0.25) is 4.79 Å². The SMILES string of the molecule is CCn1c(CNc2cccc(Cl)c2)nnc1S[C@H](C)C(=O)Nc1ccc(C)cc1. The van der Waals surface area contributed by atoms with E-state index < -0.39 is 0 Å². The Kier molecular flexibility index (Phi) is 7.17. The Balaban J connectivity index is 1.62. The second kappa shape index (κ2) is 9.80. The third-order valence-corrected chi connectivity index (χ3v) is 5.67. The van der Waals surface area contributed by atoms with Gasteiger partial charge in [0.2, 0.25) is 5.91 Å². The predicted molar refractivity (Wildman–Crippen MR) is 120 cm³/mol. The maximum absolute atomic E-state index is 12.5. The van der Waals surface area contributed by atoms with Crippen LogP contribution >= 0.6 is 23.4 Å². The summed E-state index contributed by atoms with van der Waals surface area (Å²) in [4.78, 5) is 12.5. The minimum absolute atomic E-state index is 0.0666. The van der Waals surface area contributed by atoms with Crippen LogP contribution in [0.15, 0.2) is 53.7 Å². The fourth-order valence-electron chi connectivity index (χ4n) is 2.73. The van der Waals surface area contributed by atoms with Crippen LogP contribution in [0.4, 0.5) is 11.4 Å². The van der Waals surface area contributed by atoms with E-state index in [4.69, 9.17) is 11.6 Å². The Hall–Kier alpha value is -2.51. The minimum Gasteiger partial charge on any atom is -0.378 e. The zero-order valence-corrected chi connectivity index (χ0v) is 18.2. The second-order valence-electron chi connectivity index (χ2n) is 6.62. The Morgan fingerprint density at radius 1 is 1.17 bits per heavy atom. The fourth-order valence-corrected chi connectivity index (χ4v) is 3.85. The van der Waals surface area contributed by atoms with E-state index in [0.29, 0.717) is 18.1 Å². The summed E-state index contributed by atoms with van der Waals surface area (Å²) in [6.07, 6.45) is 0. The fraction of sp³-hybridized carbons (Fsp3) is 0.286. The highest BCUT2D eigenvalue weighted by Gasteiger charge is 2.19. The van der Waals surface area contributed by atoms with E-state index in [1.165, 1.54) is 11.8 Å². The van der Waals surface area contributed by atoms with Crippen molar-refractivity contribution < 1.29 is 4.79 Å². The Bertz CT molecular complexity index is 973. The van der Waals surface area contributed by atoms with Gasteiger partial charge in [0.25, 0.3) is 0 Å². The third kappa shape index (κ3) is 5.74. The van der Waals surface area contributed by atoms with E-state index in [1.54, 1.807) is 0 Å². The summed E-state index contributed by atoms with van der Waals surface area (Å²) in [5.74, 6) is 0.740. The molecule has 152 valence electrons. The first-order valence-electron chi connectivity index (χ1n) is 9.42. The van der Waals surface area contributed by atoms with Crippen LogP contribution < -0.4 is 10.6 Å². The van der Waals surface area contributed by atoms with Crippen LogP contribution in [0.25, 0.3) is 0 Å². The average Bonchev–Trinajstić information content (AvgIpc) is 3.09. The molecule has 6 nitrogen and oxygen atoms in total. The van der Waals surface area contributed by atoms with Crippen LogP contribution in [-0.4, -0.2) is 25.9 Å². The van der Waals surface area contributed by atoms with Gasteiger partial charge in [0.15, 0.2) is 11.0 Å². The second-order valence-corrected chi connectivity index (χ2v) is 8.37. The number of hydrogen-bond donors (Lipinski definition) is 2. The summed E-state index contributed by atoms with van der Waals surface area (Å²) < 4.78 is 2.01. The zero-order valence-electron chi connectivity index (χ0n) is 16.6. The van der Waals surface area contributed by atoms with Gasteiger partial charge < -0.3 is 15.2 Å². The van der Waals surface area contributed by atoms with Crippen molar-refractivity contribution in [1.82, 2.24) is 14.8 Å². The van der Waals surface area contributed by atoms with E-state index in [9.17, 15) is 4.79 Å². The van der Waals surface area contributed by atoms with Crippen LogP contribution in [0.2, 0.25) is 5.02 Å².